The van der Waals surface area contributed by atoms with Gasteiger partial charge in [-0.15, -0.1) is 11.3 Å². The maximum Gasteiger partial charge on any atom is 0.359 e. The second kappa shape index (κ2) is 5.22. The molecule has 5 nitrogen and oxygen atoms in total. The summed E-state index contributed by atoms with van der Waals surface area (Å²) in [6.07, 6.45) is 0. The Balaban J connectivity index is 2.13. The Morgan fingerprint density at radius 3 is 3.00 bits per heavy atom. The van der Waals surface area contributed by atoms with Crippen LogP contribution in [0, 0.1) is 6.92 Å². The fourth-order valence-corrected chi connectivity index (χ4v) is 2.26. The van der Waals surface area contributed by atoms with Crippen LogP contribution in [0.4, 0.5) is 5.69 Å². The molecule has 0 spiro atoms. The third kappa shape index (κ3) is 2.38. The average molecular weight is 265 g/mol. The van der Waals surface area contributed by atoms with Crippen LogP contribution >= 0.6 is 11.3 Å². The lowest BCUT2D eigenvalue weighted by molar-refractivity contribution is 0.0463. The first-order chi connectivity index (χ1) is 8.63. The molecule has 0 bridgehead atoms. The molecule has 6 heteroatoms. The van der Waals surface area contributed by atoms with E-state index in [0.717, 1.165) is 4.88 Å². The molecule has 2 aromatic heterocycles. The van der Waals surface area contributed by atoms with Crippen LogP contribution in [-0.2, 0) is 17.9 Å². The summed E-state index contributed by atoms with van der Waals surface area (Å²) < 4.78 is 6.81. The molecule has 0 amide bonds. The average Bonchev–Trinajstić information content (AvgIpc) is 2.96. The summed E-state index contributed by atoms with van der Waals surface area (Å²) >= 11 is 1.55. The van der Waals surface area contributed by atoms with Crippen LogP contribution in [0.2, 0.25) is 0 Å². The predicted molar refractivity (Wildman–Crippen MR) is 70.5 cm³/mol. The van der Waals surface area contributed by atoms with Crippen molar-refractivity contribution in [1.82, 2.24) is 9.78 Å². The van der Waals surface area contributed by atoms with Gasteiger partial charge in [0.2, 0.25) is 0 Å². The first-order valence-corrected chi connectivity index (χ1v) is 6.53. The van der Waals surface area contributed by atoms with Crippen molar-refractivity contribution in [1.29, 1.82) is 0 Å². The number of rotatable bonds is 4. The van der Waals surface area contributed by atoms with Crippen LogP contribution in [0.5, 0.6) is 0 Å². The molecule has 0 saturated carbocycles. The van der Waals surface area contributed by atoms with Crippen LogP contribution in [0.25, 0.3) is 0 Å². The van der Waals surface area contributed by atoms with E-state index >= 15 is 0 Å². The van der Waals surface area contributed by atoms with E-state index in [1.807, 2.05) is 24.4 Å². The van der Waals surface area contributed by atoms with Gasteiger partial charge in [-0.2, -0.15) is 5.10 Å². The minimum Gasteiger partial charge on any atom is -0.455 e. The second-order valence-corrected chi connectivity index (χ2v) is 4.85. The molecule has 2 heterocycles. The molecular formula is C12H15N3O2S. The van der Waals surface area contributed by atoms with Crippen molar-refractivity contribution in [2.45, 2.75) is 27.0 Å². The molecule has 96 valence electrons. The SMILES string of the molecule is CCn1nc(C)c(N)c1C(=O)OCc1cccs1. The Bertz CT molecular complexity index is 546. The van der Waals surface area contributed by atoms with Gasteiger partial charge in [0.25, 0.3) is 0 Å². The van der Waals surface area contributed by atoms with E-state index in [-0.39, 0.29) is 6.61 Å². The number of nitrogens with zero attached hydrogens (tertiary/aromatic N) is 2. The molecule has 2 aromatic rings. The number of hydrogen-bond acceptors (Lipinski definition) is 5. The summed E-state index contributed by atoms with van der Waals surface area (Å²) in [7, 11) is 0. The van der Waals surface area contributed by atoms with Gasteiger partial charge < -0.3 is 10.5 Å². The molecule has 18 heavy (non-hydrogen) atoms. The highest BCUT2D eigenvalue weighted by atomic mass is 32.1. The van der Waals surface area contributed by atoms with Crippen LogP contribution in [0.1, 0.15) is 28.0 Å². The normalized spacial score (nSPS) is 10.6. The standard InChI is InChI=1S/C12H15N3O2S/c1-3-15-11(10(13)8(2)14-15)12(16)17-7-9-5-4-6-18-9/h4-6H,3,7,13H2,1-2H3. The van der Waals surface area contributed by atoms with Crippen molar-refractivity contribution in [2.75, 3.05) is 5.73 Å². The monoisotopic (exact) mass is 265 g/mol. The minimum absolute atomic E-state index is 0.268. The van der Waals surface area contributed by atoms with Crippen LogP contribution in [0.3, 0.4) is 0 Å². The maximum absolute atomic E-state index is 12.0. The summed E-state index contributed by atoms with van der Waals surface area (Å²) in [5.41, 5.74) is 7.24. The summed E-state index contributed by atoms with van der Waals surface area (Å²) in [5.74, 6) is -0.427. The smallest absolute Gasteiger partial charge is 0.359 e. The van der Waals surface area contributed by atoms with Gasteiger partial charge in [0.1, 0.15) is 6.61 Å². The number of anilines is 1. The molecule has 0 fully saturated rings. The zero-order valence-electron chi connectivity index (χ0n) is 10.3. The van der Waals surface area contributed by atoms with E-state index in [1.165, 1.54) is 0 Å². The number of hydrogen-bond donors (Lipinski definition) is 1. The Labute approximate surface area is 109 Å². The molecule has 0 unspecified atom stereocenters. The van der Waals surface area contributed by atoms with E-state index in [4.69, 9.17) is 10.5 Å². The van der Waals surface area contributed by atoms with Crippen molar-refractivity contribution in [2.24, 2.45) is 0 Å². The second-order valence-electron chi connectivity index (χ2n) is 3.82. The van der Waals surface area contributed by atoms with Gasteiger partial charge in [-0.1, -0.05) is 6.07 Å². The lowest BCUT2D eigenvalue weighted by Gasteiger charge is -2.06. The first kappa shape index (κ1) is 12.6. The number of ether oxygens (including phenoxy) is 1. The van der Waals surface area contributed by atoms with Crippen LogP contribution in [0.15, 0.2) is 17.5 Å². The zero-order valence-corrected chi connectivity index (χ0v) is 11.2. The third-order valence-corrected chi connectivity index (χ3v) is 3.44. The number of nitrogens with two attached hydrogens (primary N) is 1. The molecule has 2 rings (SSSR count). The van der Waals surface area contributed by atoms with Crippen LogP contribution < -0.4 is 5.73 Å². The minimum atomic E-state index is -0.427. The van der Waals surface area contributed by atoms with Crippen molar-refractivity contribution in [3.63, 3.8) is 0 Å². The van der Waals surface area contributed by atoms with Gasteiger partial charge >= 0.3 is 5.97 Å². The van der Waals surface area contributed by atoms with Gasteiger partial charge in [-0.3, -0.25) is 4.68 Å². The number of carbonyl (C=O) groups excluding carboxylic acids is 1. The molecule has 0 aromatic carbocycles. The fourth-order valence-electron chi connectivity index (χ4n) is 1.64. The largest absolute Gasteiger partial charge is 0.455 e. The van der Waals surface area contributed by atoms with Crippen molar-refractivity contribution in [3.8, 4) is 0 Å². The number of aryl methyl sites for hydroxylation is 2. The highest BCUT2D eigenvalue weighted by molar-refractivity contribution is 7.09. The van der Waals surface area contributed by atoms with E-state index < -0.39 is 5.97 Å². The van der Waals surface area contributed by atoms with Gasteiger partial charge in [-0.05, 0) is 25.3 Å². The first-order valence-electron chi connectivity index (χ1n) is 5.65. The number of esters is 1. The van der Waals surface area contributed by atoms with E-state index in [2.05, 4.69) is 5.10 Å². The Kier molecular flexibility index (Phi) is 3.66. The van der Waals surface area contributed by atoms with Gasteiger partial charge in [0.05, 0.1) is 11.4 Å². The van der Waals surface area contributed by atoms with E-state index in [9.17, 15) is 4.79 Å². The van der Waals surface area contributed by atoms with E-state index in [0.29, 0.717) is 23.6 Å². The Morgan fingerprint density at radius 1 is 1.61 bits per heavy atom. The quantitative estimate of drug-likeness (QED) is 0.860. The molecule has 0 aliphatic heterocycles. The number of thiophene rings is 1. The maximum atomic E-state index is 12.0. The molecule has 0 aliphatic carbocycles. The summed E-state index contributed by atoms with van der Waals surface area (Å²) in [5, 5.41) is 6.13. The van der Waals surface area contributed by atoms with Crippen molar-refractivity contribution in [3.05, 3.63) is 33.8 Å². The zero-order chi connectivity index (χ0) is 13.1. The molecule has 0 radical (unpaired) electrons. The number of aromatic nitrogens is 2. The van der Waals surface area contributed by atoms with Gasteiger partial charge in [0.15, 0.2) is 5.69 Å². The third-order valence-electron chi connectivity index (χ3n) is 2.59. The summed E-state index contributed by atoms with van der Waals surface area (Å²) in [4.78, 5) is 13.0. The fraction of sp³-hybridized carbons (Fsp3) is 0.333. The molecule has 0 saturated heterocycles. The predicted octanol–water partition coefficient (Wildman–Crippen LogP) is 2.21. The van der Waals surface area contributed by atoms with Gasteiger partial charge in [0, 0.05) is 11.4 Å². The van der Waals surface area contributed by atoms with Crippen molar-refractivity contribution < 1.29 is 9.53 Å². The molecule has 0 atom stereocenters. The number of nitrogen functional groups attached to an aromatic ring is 1. The lowest BCUT2D eigenvalue weighted by Crippen LogP contribution is -2.14. The summed E-state index contributed by atoms with van der Waals surface area (Å²) in [6, 6.07) is 3.84. The highest BCUT2D eigenvalue weighted by Gasteiger charge is 2.20. The Hall–Kier alpha value is -1.82. The van der Waals surface area contributed by atoms with Gasteiger partial charge in [-0.25, -0.2) is 4.79 Å². The van der Waals surface area contributed by atoms with Crippen molar-refractivity contribution >= 4 is 23.0 Å². The van der Waals surface area contributed by atoms with Crippen LogP contribution in [-0.4, -0.2) is 15.7 Å². The van der Waals surface area contributed by atoms with E-state index in [1.54, 1.807) is 22.9 Å². The molecular weight excluding hydrogens is 250 g/mol. The molecule has 2 N–H and O–H groups in total. The molecule has 0 aliphatic rings. The lowest BCUT2D eigenvalue weighted by atomic mass is 10.3. The topological polar surface area (TPSA) is 70.1 Å². The number of carbonyl (C=O) groups is 1. The highest BCUT2D eigenvalue weighted by Crippen LogP contribution is 2.18. The Morgan fingerprint density at radius 2 is 2.39 bits per heavy atom. The summed E-state index contributed by atoms with van der Waals surface area (Å²) in [6.45, 7) is 4.53.